The molecule has 0 aliphatic heterocycles. The highest BCUT2D eigenvalue weighted by molar-refractivity contribution is 5.20. The van der Waals surface area contributed by atoms with E-state index >= 15 is 0 Å². The van der Waals surface area contributed by atoms with Crippen molar-refractivity contribution in [3.8, 4) is 0 Å². The minimum Gasteiger partial charge on any atom is -0.402 e. The summed E-state index contributed by atoms with van der Waals surface area (Å²) in [5, 5.41) is 0. The molecule has 0 spiro atoms. The second-order valence-corrected chi connectivity index (χ2v) is 3.39. The van der Waals surface area contributed by atoms with E-state index in [-0.39, 0.29) is 0 Å². The molecule has 0 aromatic heterocycles. The maximum atomic E-state index is 5.70. The zero-order valence-electron chi connectivity index (χ0n) is 9.22. The van der Waals surface area contributed by atoms with E-state index in [1.165, 1.54) is 11.1 Å². The summed E-state index contributed by atoms with van der Waals surface area (Å²) in [5.74, 6) is 0. The van der Waals surface area contributed by atoms with Gasteiger partial charge in [-0.25, -0.2) is 0 Å². The van der Waals surface area contributed by atoms with Gasteiger partial charge in [-0.15, -0.1) is 0 Å². The summed E-state index contributed by atoms with van der Waals surface area (Å²) in [5.41, 5.74) is 9.39. The zero-order valence-corrected chi connectivity index (χ0v) is 9.22. The molecule has 0 atom stereocenters. The van der Waals surface area contributed by atoms with Crippen molar-refractivity contribution in [1.82, 2.24) is 0 Å². The van der Waals surface area contributed by atoms with Gasteiger partial charge < -0.3 is 5.73 Å². The standard InChI is InChI=1S/C12H21N/c1-5-10(3)9-11(4)7-8-12(13)6-2/h5-6,9H,7-8,13H2,1-4H3/b10-5-,11-9-,12-6+. The van der Waals surface area contributed by atoms with E-state index in [1.54, 1.807) is 0 Å². The second kappa shape index (κ2) is 6.53. The average molecular weight is 179 g/mol. The molecule has 0 bridgehead atoms. The first-order chi connectivity index (χ1) is 6.10. The fourth-order valence-corrected chi connectivity index (χ4v) is 1.03. The van der Waals surface area contributed by atoms with E-state index < -0.39 is 0 Å². The number of rotatable bonds is 4. The predicted molar refractivity (Wildman–Crippen MR) is 60.4 cm³/mol. The van der Waals surface area contributed by atoms with Crippen LogP contribution < -0.4 is 5.73 Å². The fraction of sp³-hybridized carbons (Fsp3) is 0.500. The van der Waals surface area contributed by atoms with Crippen molar-refractivity contribution in [3.05, 3.63) is 35.1 Å². The molecule has 1 heteroatoms. The molecular weight excluding hydrogens is 158 g/mol. The number of nitrogens with two attached hydrogens (primary N) is 1. The summed E-state index contributed by atoms with van der Waals surface area (Å²) in [7, 11) is 0. The normalized spacial score (nSPS) is 14.9. The van der Waals surface area contributed by atoms with Crippen molar-refractivity contribution in [1.29, 1.82) is 0 Å². The summed E-state index contributed by atoms with van der Waals surface area (Å²) in [6.45, 7) is 8.30. The monoisotopic (exact) mass is 179 g/mol. The Bertz CT molecular complexity index is 232. The van der Waals surface area contributed by atoms with Gasteiger partial charge in [0.1, 0.15) is 0 Å². The lowest BCUT2D eigenvalue weighted by Crippen LogP contribution is -1.96. The van der Waals surface area contributed by atoms with Crippen LogP contribution in [0.25, 0.3) is 0 Å². The molecule has 0 aliphatic carbocycles. The van der Waals surface area contributed by atoms with Crippen LogP contribution in [0.1, 0.15) is 40.5 Å². The molecule has 0 aromatic carbocycles. The third-order valence-electron chi connectivity index (χ3n) is 2.11. The predicted octanol–water partition coefficient (Wildman–Crippen LogP) is 3.54. The van der Waals surface area contributed by atoms with Crippen LogP contribution in [-0.4, -0.2) is 0 Å². The van der Waals surface area contributed by atoms with Gasteiger partial charge in [0, 0.05) is 5.70 Å². The third-order valence-corrected chi connectivity index (χ3v) is 2.11. The lowest BCUT2D eigenvalue weighted by atomic mass is 10.1. The van der Waals surface area contributed by atoms with Gasteiger partial charge >= 0.3 is 0 Å². The Labute approximate surface area is 82.0 Å². The summed E-state index contributed by atoms with van der Waals surface area (Å²) < 4.78 is 0. The van der Waals surface area contributed by atoms with Crippen LogP contribution in [0.5, 0.6) is 0 Å². The molecule has 0 fully saturated rings. The molecule has 0 aromatic rings. The summed E-state index contributed by atoms with van der Waals surface area (Å²) in [6, 6.07) is 0. The second-order valence-electron chi connectivity index (χ2n) is 3.39. The Morgan fingerprint density at radius 2 is 1.69 bits per heavy atom. The van der Waals surface area contributed by atoms with Crippen LogP contribution in [0, 0.1) is 0 Å². The number of allylic oxidation sites excluding steroid dienone is 6. The molecule has 0 saturated heterocycles. The molecular formula is C12H21N. The van der Waals surface area contributed by atoms with Gasteiger partial charge in [0.2, 0.25) is 0 Å². The van der Waals surface area contributed by atoms with Crippen molar-refractivity contribution in [2.24, 2.45) is 5.73 Å². The van der Waals surface area contributed by atoms with Crippen LogP contribution in [0.15, 0.2) is 35.1 Å². The first kappa shape index (κ1) is 12.0. The molecule has 1 nitrogen and oxygen atoms in total. The Morgan fingerprint density at radius 1 is 1.08 bits per heavy atom. The van der Waals surface area contributed by atoms with E-state index in [1.807, 2.05) is 13.0 Å². The highest BCUT2D eigenvalue weighted by atomic mass is 14.6. The smallest absolute Gasteiger partial charge is 0.00403 e. The highest BCUT2D eigenvalue weighted by Crippen LogP contribution is 2.10. The minimum absolute atomic E-state index is 0.968. The zero-order chi connectivity index (χ0) is 10.3. The van der Waals surface area contributed by atoms with Gasteiger partial charge in [0.05, 0.1) is 0 Å². The van der Waals surface area contributed by atoms with E-state index in [9.17, 15) is 0 Å². The molecule has 0 amide bonds. The Hall–Kier alpha value is -0.980. The van der Waals surface area contributed by atoms with E-state index in [0.29, 0.717) is 0 Å². The van der Waals surface area contributed by atoms with Crippen molar-refractivity contribution >= 4 is 0 Å². The van der Waals surface area contributed by atoms with E-state index in [2.05, 4.69) is 32.9 Å². The Balaban J connectivity index is 4.01. The van der Waals surface area contributed by atoms with Gasteiger partial charge in [-0.2, -0.15) is 0 Å². The fourth-order valence-electron chi connectivity index (χ4n) is 1.03. The molecule has 0 heterocycles. The van der Waals surface area contributed by atoms with E-state index in [0.717, 1.165) is 18.5 Å². The first-order valence-electron chi connectivity index (χ1n) is 4.81. The highest BCUT2D eigenvalue weighted by Gasteiger charge is 1.92. The third kappa shape index (κ3) is 6.21. The largest absolute Gasteiger partial charge is 0.402 e. The van der Waals surface area contributed by atoms with Crippen LogP contribution in [0.2, 0.25) is 0 Å². The lowest BCUT2D eigenvalue weighted by Gasteiger charge is -2.01. The molecule has 0 aliphatic rings. The van der Waals surface area contributed by atoms with Crippen LogP contribution in [0.4, 0.5) is 0 Å². The molecule has 74 valence electrons. The van der Waals surface area contributed by atoms with Crippen LogP contribution in [-0.2, 0) is 0 Å². The van der Waals surface area contributed by atoms with Crippen LogP contribution >= 0.6 is 0 Å². The summed E-state index contributed by atoms with van der Waals surface area (Å²) in [6.07, 6.45) is 8.32. The van der Waals surface area contributed by atoms with Crippen molar-refractivity contribution in [3.63, 3.8) is 0 Å². The molecule has 0 unspecified atom stereocenters. The van der Waals surface area contributed by atoms with Crippen LogP contribution in [0.3, 0.4) is 0 Å². The lowest BCUT2D eigenvalue weighted by molar-refractivity contribution is 0.906. The van der Waals surface area contributed by atoms with Gasteiger partial charge in [-0.05, 0) is 40.5 Å². The van der Waals surface area contributed by atoms with Gasteiger partial charge in [0.15, 0.2) is 0 Å². The van der Waals surface area contributed by atoms with Gasteiger partial charge in [0.25, 0.3) is 0 Å². The molecule has 2 N–H and O–H groups in total. The molecule has 0 saturated carbocycles. The molecule has 13 heavy (non-hydrogen) atoms. The quantitative estimate of drug-likeness (QED) is 0.656. The van der Waals surface area contributed by atoms with Crippen molar-refractivity contribution < 1.29 is 0 Å². The Kier molecular flexibility index (Phi) is 6.03. The SMILES string of the molecule is C/C=C(C)\C=C(\C)CC/C(N)=C\C. The maximum Gasteiger partial charge on any atom is 0.00403 e. The molecule has 0 rings (SSSR count). The molecule has 0 radical (unpaired) electrons. The summed E-state index contributed by atoms with van der Waals surface area (Å²) >= 11 is 0. The van der Waals surface area contributed by atoms with Gasteiger partial charge in [-0.3, -0.25) is 0 Å². The minimum atomic E-state index is 0.968. The maximum absolute atomic E-state index is 5.70. The van der Waals surface area contributed by atoms with Crippen molar-refractivity contribution in [2.45, 2.75) is 40.5 Å². The topological polar surface area (TPSA) is 26.0 Å². The number of hydrogen-bond acceptors (Lipinski definition) is 1. The van der Waals surface area contributed by atoms with Crippen molar-refractivity contribution in [2.75, 3.05) is 0 Å². The van der Waals surface area contributed by atoms with E-state index in [4.69, 9.17) is 5.73 Å². The Morgan fingerprint density at radius 3 is 2.15 bits per heavy atom. The summed E-state index contributed by atoms with van der Waals surface area (Å²) in [4.78, 5) is 0. The first-order valence-corrected chi connectivity index (χ1v) is 4.81. The number of hydrogen-bond donors (Lipinski definition) is 1. The van der Waals surface area contributed by atoms with Gasteiger partial charge in [-0.1, -0.05) is 29.4 Å². The average Bonchev–Trinajstić information content (AvgIpc) is 2.13.